The first-order valence-corrected chi connectivity index (χ1v) is 7.25. The zero-order chi connectivity index (χ0) is 13.8. The van der Waals surface area contributed by atoms with Crippen LogP contribution in [0.4, 0.5) is 11.8 Å². The maximum Gasteiger partial charge on any atom is 0.224 e. The summed E-state index contributed by atoms with van der Waals surface area (Å²) >= 11 is 0. The van der Waals surface area contributed by atoms with Gasteiger partial charge in [-0.15, -0.1) is 0 Å². The fraction of sp³-hybridized carbons (Fsp3) is 0.375. The standard InChI is InChI=1S/C16H20N4/c1-2-9-17-16-18-10-7-15(19-16)20-11-8-13-5-3-4-6-14(13)12-20/h3-7,10H,2,8-9,11-12H2,1H3,(H,17,18,19). The summed E-state index contributed by atoms with van der Waals surface area (Å²) in [4.78, 5) is 11.2. The van der Waals surface area contributed by atoms with Crippen molar-refractivity contribution in [3.8, 4) is 0 Å². The van der Waals surface area contributed by atoms with Gasteiger partial charge in [-0.3, -0.25) is 0 Å². The molecule has 0 amide bonds. The smallest absolute Gasteiger partial charge is 0.224 e. The van der Waals surface area contributed by atoms with Crippen molar-refractivity contribution >= 4 is 11.8 Å². The van der Waals surface area contributed by atoms with Crippen LogP contribution in [0.1, 0.15) is 24.5 Å². The second-order valence-corrected chi connectivity index (χ2v) is 5.11. The minimum absolute atomic E-state index is 0.725. The quantitative estimate of drug-likeness (QED) is 0.925. The second kappa shape index (κ2) is 5.90. The van der Waals surface area contributed by atoms with E-state index < -0.39 is 0 Å². The molecule has 0 fully saturated rings. The molecule has 1 aliphatic heterocycles. The van der Waals surface area contributed by atoms with Crippen LogP contribution in [0.3, 0.4) is 0 Å². The molecule has 0 saturated carbocycles. The summed E-state index contributed by atoms with van der Waals surface area (Å²) in [6, 6.07) is 10.6. The molecule has 104 valence electrons. The summed E-state index contributed by atoms with van der Waals surface area (Å²) in [7, 11) is 0. The molecular formula is C16H20N4. The van der Waals surface area contributed by atoms with Gasteiger partial charge in [0.15, 0.2) is 0 Å². The van der Waals surface area contributed by atoms with Crippen LogP contribution in [-0.4, -0.2) is 23.1 Å². The van der Waals surface area contributed by atoms with Crippen LogP contribution in [0.25, 0.3) is 0 Å². The molecule has 1 aromatic carbocycles. The van der Waals surface area contributed by atoms with Crippen LogP contribution >= 0.6 is 0 Å². The number of rotatable bonds is 4. The molecule has 3 rings (SSSR count). The van der Waals surface area contributed by atoms with E-state index in [-0.39, 0.29) is 0 Å². The Morgan fingerprint density at radius 3 is 2.90 bits per heavy atom. The third-order valence-electron chi connectivity index (χ3n) is 3.63. The van der Waals surface area contributed by atoms with Crippen molar-refractivity contribution < 1.29 is 0 Å². The molecule has 4 nitrogen and oxygen atoms in total. The summed E-state index contributed by atoms with van der Waals surface area (Å²) in [5.74, 6) is 1.73. The first-order valence-electron chi connectivity index (χ1n) is 7.25. The molecule has 1 aromatic heterocycles. The number of aromatic nitrogens is 2. The maximum absolute atomic E-state index is 4.61. The van der Waals surface area contributed by atoms with Crippen molar-refractivity contribution in [3.63, 3.8) is 0 Å². The van der Waals surface area contributed by atoms with Gasteiger partial charge in [0.1, 0.15) is 5.82 Å². The molecular weight excluding hydrogens is 248 g/mol. The Hall–Kier alpha value is -2.10. The lowest BCUT2D eigenvalue weighted by atomic mass is 10.00. The van der Waals surface area contributed by atoms with Crippen molar-refractivity contribution in [3.05, 3.63) is 47.7 Å². The third kappa shape index (κ3) is 2.74. The lowest BCUT2D eigenvalue weighted by Gasteiger charge is -2.29. The maximum atomic E-state index is 4.61. The summed E-state index contributed by atoms with van der Waals surface area (Å²) in [6.07, 6.45) is 3.99. The predicted octanol–water partition coefficient (Wildman–Crippen LogP) is 2.86. The second-order valence-electron chi connectivity index (χ2n) is 5.11. The SMILES string of the molecule is CCCNc1nccc(N2CCc3ccccc3C2)n1. The van der Waals surface area contributed by atoms with E-state index in [2.05, 4.69) is 51.4 Å². The molecule has 0 atom stereocenters. The van der Waals surface area contributed by atoms with Crippen molar-refractivity contribution in [2.75, 3.05) is 23.3 Å². The van der Waals surface area contributed by atoms with Crippen LogP contribution in [0, 0.1) is 0 Å². The Kier molecular flexibility index (Phi) is 3.81. The molecule has 4 heteroatoms. The van der Waals surface area contributed by atoms with Gasteiger partial charge in [-0.25, -0.2) is 4.98 Å². The molecule has 20 heavy (non-hydrogen) atoms. The molecule has 0 bridgehead atoms. The molecule has 1 aliphatic rings. The minimum atomic E-state index is 0.725. The first kappa shape index (κ1) is 12.9. The third-order valence-corrected chi connectivity index (χ3v) is 3.63. The van der Waals surface area contributed by atoms with Crippen molar-refractivity contribution in [1.82, 2.24) is 9.97 Å². The van der Waals surface area contributed by atoms with Gasteiger partial charge in [0.25, 0.3) is 0 Å². The average Bonchev–Trinajstić information content (AvgIpc) is 2.53. The number of fused-ring (bicyclic) bond motifs is 1. The van der Waals surface area contributed by atoms with Gasteiger partial charge in [-0.05, 0) is 30.0 Å². The molecule has 0 saturated heterocycles. The highest BCUT2D eigenvalue weighted by molar-refractivity contribution is 5.46. The van der Waals surface area contributed by atoms with Gasteiger partial charge in [-0.2, -0.15) is 4.98 Å². The fourth-order valence-corrected chi connectivity index (χ4v) is 2.54. The minimum Gasteiger partial charge on any atom is -0.354 e. The van der Waals surface area contributed by atoms with E-state index in [0.717, 1.165) is 44.2 Å². The summed E-state index contributed by atoms with van der Waals surface area (Å²) < 4.78 is 0. The monoisotopic (exact) mass is 268 g/mol. The van der Waals surface area contributed by atoms with Crippen molar-refractivity contribution in [2.24, 2.45) is 0 Å². The average molecular weight is 268 g/mol. The van der Waals surface area contributed by atoms with Gasteiger partial charge >= 0.3 is 0 Å². The number of anilines is 2. The summed E-state index contributed by atoms with van der Waals surface area (Å²) in [5.41, 5.74) is 2.86. The van der Waals surface area contributed by atoms with E-state index in [1.165, 1.54) is 11.1 Å². The number of benzene rings is 1. The lowest BCUT2D eigenvalue weighted by molar-refractivity contribution is 0.719. The Morgan fingerprint density at radius 2 is 2.05 bits per heavy atom. The Morgan fingerprint density at radius 1 is 1.20 bits per heavy atom. The van der Waals surface area contributed by atoms with Gasteiger partial charge in [0, 0.05) is 25.8 Å². The van der Waals surface area contributed by atoms with Gasteiger partial charge in [0.2, 0.25) is 5.95 Å². The number of nitrogens with zero attached hydrogens (tertiary/aromatic N) is 3. The van der Waals surface area contributed by atoms with Crippen LogP contribution < -0.4 is 10.2 Å². The Labute approximate surface area is 119 Å². The molecule has 0 radical (unpaired) electrons. The highest BCUT2D eigenvalue weighted by Crippen LogP contribution is 2.23. The molecule has 2 heterocycles. The van der Waals surface area contributed by atoms with E-state index in [0.29, 0.717) is 0 Å². The van der Waals surface area contributed by atoms with Crippen molar-refractivity contribution in [1.29, 1.82) is 0 Å². The molecule has 0 spiro atoms. The van der Waals surface area contributed by atoms with E-state index in [4.69, 9.17) is 0 Å². The number of nitrogens with one attached hydrogen (secondary N) is 1. The fourth-order valence-electron chi connectivity index (χ4n) is 2.54. The molecule has 0 unspecified atom stereocenters. The normalized spacial score (nSPS) is 13.9. The number of hydrogen-bond donors (Lipinski definition) is 1. The Balaban J connectivity index is 1.77. The van der Waals surface area contributed by atoms with Gasteiger partial charge < -0.3 is 10.2 Å². The topological polar surface area (TPSA) is 41.1 Å². The largest absolute Gasteiger partial charge is 0.354 e. The van der Waals surface area contributed by atoms with Crippen LogP contribution in [-0.2, 0) is 13.0 Å². The highest BCUT2D eigenvalue weighted by Gasteiger charge is 2.17. The summed E-state index contributed by atoms with van der Waals surface area (Å²) in [6.45, 7) is 4.99. The van der Waals surface area contributed by atoms with Crippen molar-refractivity contribution in [2.45, 2.75) is 26.3 Å². The van der Waals surface area contributed by atoms with Crippen LogP contribution in [0.5, 0.6) is 0 Å². The molecule has 1 N–H and O–H groups in total. The van der Waals surface area contributed by atoms with Crippen LogP contribution in [0.15, 0.2) is 36.5 Å². The van der Waals surface area contributed by atoms with E-state index in [1.54, 1.807) is 0 Å². The zero-order valence-electron chi connectivity index (χ0n) is 11.8. The van der Waals surface area contributed by atoms with Gasteiger partial charge in [-0.1, -0.05) is 31.2 Å². The zero-order valence-corrected chi connectivity index (χ0v) is 11.8. The van der Waals surface area contributed by atoms with E-state index >= 15 is 0 Å². The lowest BCUT2D eigenvalue weighted by Crippen LogP contribution is -2.31. The van der Waals surface area contributed by atoms with E-state index in [1.807, 2.05) is 12.3 Å². The predicted molar refractivity (Wildman–Crippen MR) is 82.0 cm³/mol. The highest BCUT2D eigenvalue weighted by atomic mass is 15.2. The van der Waals surface area contributed by atoms with E-state index in [9.17, 15) is 0 Å². The van der Waals surface area contributed by atoms with Crippen LogP contribution in [0.2, 0.25) is 0 Å². The summed E-state index contributed by atoms with van der Waals surface area (Å²) in [5, 5.41) is 3.24. The molecule has 0 aliphatic carbocycles. The van der Waals surface area contributed by atoms with Gasteiger partial charge in [0.05, 0.1) is 0 Å². The number of hydrogen-bond acceptors (Lipinski definition) is 4. The molecule has 2 aromatic rings. The Bertz CT molecular complexity index is 582. The first-order chi connectivity index (χ1) is 9.86.